The van der Waals surface area contributed by atoms with Crippen LogP contribution >= 0.6 is 0 Å². The van der Waals surface area contributed by atoms with Crippen LogP contribution in [0.5, 0.6) is 0 Å². The second-order valence-corrected chi connectivity index (χ2v) is 9.72. The van der Waals surface area contributed by atoms with Crippen molar-refractivity contribution in [3.8, 4) is 0 Å². The van der Waals surface area contributed by atoms with Gasteiger partial charge in [-0.25, -0.2) is 9.13 Å². The van der Waals surface area contributed by atoms with Crippen molar-refractivity contribution in [1.29, 1.82) is 0 Å². The van der Waals surface area contributed by atoms with E-state index in [1.54, 1.807) is 0 Å². The van der Waals surface area contributed by atoms with Crippen molar-refractivity contribution in [3.63, 3.8) is 0 Å². The van der Waals surface area contributed by atoms with Crippen molar-refractivity contribution in [2.75, 3.05) is 0 Å². The molecule has 1 aromatic carbocycles. The zero-order valence-corrected chi connectivity index (χ0v) is 21.4. The van der Waals surface area contributed by atoms with E-state index in [4.69, 9.17) is 0 Å². The van der Waals surface area contributed by atoms with E-state index in [1.165, 1.54) is 121 Å². The second kappa shape index (κ2) is 17.9. The van der Waals surface area contributed by atoms with Crippen LogP contribution in [0, 0.1) is 0 Å². The molecular formula is C30H51N2+. The molecule has 0 unspecified atom stereocenters. The van der Waals surface area contributed by atoms with Gasteiger partial charge in [0.25, 0.3) is 5.82 Å². The molecular weight excluding hydrogens is 388 g/mol. The number of nitrogens with zero attached hydrogens (tertiary/aromatic N) is 2. The Morgan fingerprint density at radius 2 is 1.16 bits per heavy atom. The number of aromatic nitrogens is 2. The monoisotopic (exact) mass is 439 g/mol. The Balaban J connectivity index is 1.60. The number of benzene rings is 1. The maximum absolute atomic E-state index is 2.51. The lowest BCUT2D eigenvalue weighted by atomic mass is 10.0. The first-order valence-corrected chi connectivity index (χ1v) is 14.0. The number of imidazole rings is 1. The van der Waals surface area contributed by atoms with Crippen molar-refractivity contribution in [3.05, 3.63) is 54.1 Å². The standard InChI is InChI=1S/C30H51N2/c1-3-5-7-8-9-10-11-12-13-14-15-16-17-21-24-30-31(25-6-4-2)26-27-32(30)28-29-22-19-18-20-23-29/h18-20,22-23,26-27H,3-17,21,24-25,28H2,1-2H3/q+1. The number of rotatable bonds is 20. The van der Waals surface area contributed by atoms with E-state index >= 15 is 0 Å². The van der Waals surface area contributed by atoms with Gasteiger partial charge in [0.1, 0.15) is 18.9 Å². The Kier molecular flexibility index (Phi) is 14.9. The first-order chi connectivity index (χ1) is 15.8. The van der Waals surface area contributed by atoms with Crippen molar-refractivity contribution in [2.24, 2.45) is 0 Å². The third-order valence-electron chi connectivity index (χ3n) is 6.79. The van der Waals surface area contributed by atoms with Crippen molar-refractivity contribution in [1.82, 2.24) is 4.57 Å². The number of hydrogen-bond donors (Lipinski definition) is 0. The summed E-state index contributed by atoms with van der Waals surface area (Å²) in [6, 6.07) is 10.9. The predicted molar refractivity (Wildman–Crippen MR) is 139 cm³/mol. The van der Waals surface area contributed by atoms with E-state index < -0.39 is 0 Å². The molecule has 1 heterocycles. The maximum atomic E-state index is 2.51. The van der Waals surface area contributed by atoms with Crippen LogP contribution in [0.1, 0.15) is 128 Å². The first-order valence-electron chi connectivity index (χ1n) is 14.0. The molecule has 0 aliphatic carbocycles. The van der Waals surface area contributed by atoms with Gasteiger partial charge < -0.3 is 0 Å². The summed E-state index contributed by atoms with van der Waals surface area (Å²) in [5.41, 5.74) is 1.40. The van der Waals surface area contributed by atoms with Crippen LogP contribution in [0.25, 0.3) is 0 Å². The molecule has 2 rings (SSSR count). The molecule has 0 fully saturated rings. The Hall–Kier alpha value is -1.57. The number of hydrogen-bond acceptors (Lipinski definition) is 0. The molecule has 0 saturated carbocycles. The van der Waals surface area contributed by atoms with Crippen LogP contribution in [0.2, 0.25) is 0 Å². The molecule has 0 bridgehead atoms. The van der Waals surface area contributed by atoms with Gasteiger partial charge in [-0.15, -0.1) is 0 Å². The summed E-state index contributed by atoms with van der Waals surface area (Å²) >= 11 is 0. The predicted octanol–water partition coefficient (Wildman–Crippen LogP) is 8.65. The van der Waals surface area contributed by atoms with E-state index in [9.17, 15) is 0 Å². The van der Waals surface area contributed by atoms with Crippen LogP contribution in [-0.2, 0) is 19.5 Å². The van der Waals surface area contributed by atoms with E-state index in [2.05, 4.69) is 65.7 Å². The van der Waals surface area contributed by atoms with Crippen molar-refractivity contribution < 1.29 is 4.57 Å². The topological polar surface area (TPSA) is 8.81 Å². The summed E-state index contributed by atoms with van der Waals surface area (Å²) in [7, 11) is 0. The van der Waals surface area contributed by atoms with Crippen LogP contribution in [0.3, 0.4) is 0 Å². The molecule has 0 spiro atoms. The minimum Gasteiger partial charge on any atom is -0.234 e. The highest BCUT2D eigenvalue weighted by Crippen LogP contribution is 2.14. The third-order valence-corrected chi connectivity index (χ3v) is 6.79. The average Bonchev–Trinajstić information content (AvgIpc) is 3.19. The van der Waals surface area contributed by atoms with Crippen LogP contribution < -0.4 is 4.57 Å². The second-order valence-electron chi connectivity index (χ2n) is 9.72. The average molecular weight is 440 g/mol. The van der Waals surface area contributed by atoms with Gasteiger partial charge in [-0.05, 0) is 18.4 Å². The summed E-state index contributed by atoms with van der Waals surface area (Å²) in [5.74, 6) is 1.52. The Morgan fingerprint density at radius 1 is 0.625 bits per heavy atom. The zero-order valence-electron chi connectivity index (χ0n) is 21.4. The largest absolute Gasteiger partial charge is 0.256 e. The Morgan fingerprint density at radius 3 is 1.72 bits per heavy atom. The van der Waals surface area contributed by atoms with Gasteiger partial charge >= 0.3 is 0 Å². The fraction of sp³-hybridized carbons (Fsp3) is 0.700. The lowest BCUT2D eigenvalue weighted by molar-refractivity contribution is -0.704. The fourth-order valence-electron chi connectivity index (χ4n) is 4.72. The van der Waals surface area contributed by atoms with Crippen molar-refractivity contribution >= 4 is 0 Å². The SMILES string of the molecule is CCCCCCCCCCCCCCCCc1n(Cc2ccccc2)cc[n+]1CCCC. The molecule has 32 heavy (non-hydrogen) atoms. The molecule has 1 aromatic heterocycles. The Labute approximate surface area is 199 Å². The highest BCUT2D eigenvalue weighted by molar-refractivity contribution is 5.15. The van der Waals surface area contributed by atoms with Crippen LogP contribution in [-0.4, -0.2) is 4.57 Å². The molecule has 0 atom stereocenters. The highest BCUT2D eigenvalue weighted by Gasteiger charge is 2.16. The van der Waals surface area contributed by atoms with E-state index in [1.807, 2.05) is 0 Å². The first kappa shape index (κ1) is 26.7. The fourth-order valence-corrected chi connectivity index (χ4v) is 4.72. The van der Waals surface area contributed by atoms with Gasteiger partial charge in [0, 0.05) is 6.42 Å². The highest BCUT2D eigenvalue weighted by atomic mass is 15.1. The molecule has 2 nitrogen and oxygen atoms in total. The molecule has 0 amide bonds. The smallest absolute Gasteiger partial charge is 0.234 e. The summed E-state index contributed by atoms with van der Waals surface area (Å²) in [6.07, 6.45) is 28.3. The lowest BCUT2D eigenvalue weighted by Gasteiger charge is -2.06. The lowest BCUT2D eigenvalue weighted by Crippen LogP contribution is -2.37. The molecule has 2 aromatic rings. The summed E-state index contributed by atoms with van der Waals surface area (Å²) in [4.78, 5) is 0. The molecule has 0 aliphatic rings. The third kappa shape index (κ3) is 11.3. The zero-order chi connectivity index (χ0) is 22.7. The minimum atomic E-state index is 0.994. The summed E-state index contributed by atoms with van der Waals surface area (Å²) in [5, 5.41) is 0. The molecule has 2 heteroatoms. The molecule has 0 radical (unpaired) electrons. The molecule has 0 aliphatic heterocycles. The number of aryl methyl sites for hydroxylation is 1. The normalized spacial score (nSPS) is 11.3. The maximum Gasteiger partial charge on any atom is 0.256 e. The summed E-state index contributed by atoms with van der Waals surface area (Å²) < 4.78 is 4.99. The van der Waals surface area contributed by atoms with E-state index in [0.717, 1.165) is 13.1 Å². The Bertz CT molecular complexity index is 673. The molecule has 0 N–H and O–H groups in total. The van der Waals surface area contributed by atoms with Gasteiger partial charge in [0.2, 0.25) is 0 Å². The van der Waals surface area contributed by atoms with Gasteiger partial charge in [0.05, 0.1) is 6.54 Å². The van der Waals surface area contributed by atoms with Crippen LogP contribution in [0.4, 0.5) is 0 Å². The van der Waals surface area contributed by atoms with E-state index in [-0.39, 0.29) is 0 Å². The minimum absolute atomic E-state index is 0.994. The van der Waals surface area contributed by atoms with Gasteiger partial charge in [-0.2, -0.15) is 0 Å². The van der Waals surface area contributed by atoms with Gasteiger partial charge in [-0.3, -0.25) is 0 Å². The quantitative estimate of drug-likeness (QED) is 0.144. The van der Waals surface area contributed by atoms with Gasteiger partial charge in [-0.1, -0.05) is 134 Å². The van der Waals surface area contributed by atoms with Crippen molar-refractivity contribution in [2.45, 2.75) is 136 Å². The summed E-state index contributed by atoms with van der Waals surface area (Å²) in [6.45, 7) is 6.74. The van der Waals surface area contributed by atoms with E-state index in [0.29, 0.717) is 0 Å². The molecule has 180 valence electrons. The van der Waals surface area contributed by atoms with Gasteiger partial charge in [0.15, 0.2) is 0 Å². The van der Waals surface area contributed by atoms with Crippen LogP contribution in [0.15, 0.2) is 42.7 Å². The molecule has 0 saturated heterocycles. The number of unbranched alkanes of at least 4 members (excludes halogenated alkanes) is 14.